The summed E-state index contributed by atoms with van der Waals surface area (Å²) in [6.45, 7) is 2.70. The molecule has 4 heteroatoms. The number of hydrogen-bond donors (Lipinski definition) is 2. The summed E-state index contributed by atoms with van der Waals surface area (Å²) in [4.78, 5) is 21.8. The Labute approximate surface area is 104 Å². The molecule has 0 radical (unpaired) electrons. The molecule has 0 aromatic rings. The fourth-order valence-corrected chi connectivity index (χ4v) is 2.28. The number of amides is 2. The SMILES string of the molecule is CC(CCC(=O)NC1CCCCC1)CNC=O. The Morgan fingerprint density at radius 3 is 2.71 bits per heavy atom. The van der Waals surface area contributed by atoms with Gasteiger partial charge in [0.1, 0.15) is 0 Å². The van der Waals surface area contributed by atoms with Gasteiger partial charge in [0.15, 0.2) is 0 Å². The van der Waals surface area contributed by atoms with Crippen LogP contribution in [-0.2, 0) is 9.59 Å². The van der Waals surface area contributed by atoms with Crippen LogP contribution in [-0.4, -0.2) is 24.9 Å². The van der Waals surface area contributed by atoms with Crippen LogP contribution in [0.2, 0.25) is 0 Å². The predicted octanol–water partition coefficient (Wildman–Crippen LogP) is 1.60. The maximum Gasteiger partial charge on any atom is 0.220 e. The van der Waals surface area contributed by atoms with Crippen LogP contribution in [0.15, 0.2) is 0 Å². The van der Waals surface area contributed by atoms with Gasteiger partial charge in [-0.2, -0.15) is 0 Å². The zero-order valence-electron chi connectivity index (χ0n) is 10.7. The third-order valence-corrected chi connectivity index (χ3v) is 3.38. The summed E-state index contributed by atoms with van der Waals surface area (Å²) in [5.41, 5.74) is 0. The smallest absolute Gasteiger partial charge is 0.220 e. The van der Waals surface area contributed by atoms with Crippen molar-refractivity contribution in [1.82, 2.24) is 10.6 Å². The molecule has 1 unspecified atom stereocenters. The van der Waals surface area contributed by atoms with E-state index in [1.54, 1.807) is 0 Å². The molecule has 1 aliphatic carbocycles. The third kappa shape index (κ3) is 6.29. The van der Waals surface area contributed by atoms with E-state index in [0.29, 0.717) is 31.3 Å². The second kappa shape index (κ2) is 8.09. The van der Waals surface area contributed by atoms with Gasteiger partial charge in [0, 0.05) is 19.0 Å². The van der Waals surface area contributed by atoms with E-state index in [4.69, 9.17) is 0 Å². The van der Waals surface area contributed by atoms with Crippen LogP contribution in [0, 0.1) is 5.92 Å². The molecule has 1 saturated carbocycles. The molecule has 0 heterocycles. The molecular weight excluding hydrogens is 216 g/mol. The van der Waals surface area contributed by atoms with E-state index in [1.807, 2.05) is 6.92 Å². The van der Waals surface area contributed by atoms with E-state index in [2.05, 4.69) is 10.6 Å². The van der Waals surface area contributed by atoms with E-state index in [9.17, 15) is 9.59 Å². The second-order valence-electron chi connectivity index (χ2n) is 5.07. The molecule has 0 saturated heterocycles. The first-order valence-electron chi connectivity index (χ1n) is 6.68. The first kappa shape index (κ1) is 14.0. The molecule has 1 aliphatic rings. The number of rotatable bonds is 7. The fourth-order valence-electron chi connectivity index (χ4n) is 2.28. The highest BCUT2D eigenvalue weighted by atomic mass is 16.1. The van der Waals surface area contributed by atoms with Crippen LogP contribution in [0.5, 0.6) is 0 Å². The molecular formula is C13H24N2O2. The Kier molecular flexibility index (Phi) is 6.67. The third-order valence-electron chi connectivity index (χ3n) is 3.38. The highest BCUT2D eigenvalue weighted by Crippen LogP contribution is 2.17. The van der Waals surface area contributed by atoms with E-state index in [0.717, 1.165) is 19.3 Å². The number of nitrogens with one attached hydrogen (secondary N) is 2. The fraction of sp³-hybridized carbons (Fsp3) is 0.846. The minimum Gasteiger partial charge on any atom is -0.358 e. The molecule has 1 atom stereocenters. The summed E-state index contributed by atoms with van der Waals surface area (Å²) in [7, 11) is 0. The van der Waals surface area contributed by atoms with Crippen molar-refractivity contribution in [3.05, 3.63) is 0 Å². The summed E-state index contributed by atoms with van der Waals surface area (Å²) >= 11 is 0. The maximum absolute atomic E-state index is 11.7. The molecule has 98 valence electrons. The van der Waals surface area contributed by atoms with Crippen molar-refractivity contribution in [3.8, 4) is 0 Å². The zero-order chi connectivity index (χ0) is 12.5. The quantitative estimate of drug-likeness (QED) is 0.664. The van der Waals surface area contributed by atoms with Gasteiger partial charge in [0.2, 0.25) is 12.3 Å². The summed E-state index contributed by atoms with van der Waals surface area (Å²) in [6, 6.07) is 0.402. The molecule has 0 aliphatic heterocycles. The topological polar surface area (TPSA) is 58.2 Å². The van der Waals surface area contributed by atoms with Crippen molar-refractivity contribution in [1.29, 1.82) is 0 Å². The largest absolute Gasteiger partial charge is 0.358 e. The Morgan fingerprint density at radius 2 is 2.06 bits per heavy atom. The normalized spacial score (nSPS) is 18.4. The summed E-state index contributed by atoms with van der Waals surface area (Å²) in [5, 5.41) is 5.74. The molecule has 17 heavy (non-hydrogen) atoms. The molecule has 0 spiro atoms. The van der Waals surface area contributed by atoms with Crippen molar-refractivity contribution in [2.75, 3.05) is 6.54 Å². The maximum atomic E-state index is 11.7. The van der Waals surface area contributed by atoms with Gasteiger partial charge in [-0.25, -0.2) is 0 Å². The zero-order valence-corrected chi connectivity index (χ0v) is 10.7. The van der Waals surface area contributed by atoms with Crippen molar-refractivity contribution >= 4 is 12.3 Å². The second-order valence-corrected chi connectivity index (χ2v) is 5.07. The predicted molar refractivity (Wildman–Crippen MR) is 67.5 cm³/mol. The van der Waals surface area contributed by atoms with Crippen molar-refractivity contribution < 1.29 is 9.59 Å². The van der Waals surface area contributed by atoms with Crippen molar-refractivity contribution in [3.63, 3.8) is 0 Å². The van der Waals surface area contributed by atoms with Gasteiger partial charge in [-0.15, -0.1) is 0 Å². The highest BCUT2D eigenvalue weighted by molar-refractivity contribution is 5.76. The lowest BCUT2D eigenvalue weighted by atomic mass is 9.95. The highest BCUT2D eigenvalue weighted by Gasteiger charge is 2.15. The summed E-state index contributed by atoms with van der Waals surface area (Å²) < 4.78 is 0. The standard InChI is InChI=1S/C13H24N2O2/c1-11(9-14-10-16)7-8-13(17)15-12-5-3-2-4-6-12/h10-12H,2-9H2,1H3,(H,14,16)(H,15,17). The molecule has 0 aromatic heterocycles. The van der Waals surface area contributed by atoms with Crippen LogP contribution < -0.4 is 10.6 Å². The van der Waals surface area contributed by atoms with Gasteiger partial charge in [-0.05, 0) is 25.2 Å². The molecule has 0 bridgehead atoms. The minimum atomic E-state index is 0.162. The lowest BCUT2D eigenvalue weighted by Gasteiger charge is -2.23. The van der Waals surface area contributed by atoms with Gasteiger partial charge in [0.25, 0.3) is 0 Å². The van der Waals surface area contributed by atoms with Crippen molar-refractivity contribution in [2.45, 2.75) is 57.9 Å². The van der Waals surface area contributed by atoms with Crippen LogP contribution in [0.3, 0.4) is 0 Å². The van der Waals surface area contributed by atoms with E-state index in [1.165, 1.54) is 19.3 Å². The van der Waals surface area contributed by atoms with Gasteiger partial charge in [-0.1, -0.05) is 26.2 Å². The monoisotopic (exact) mass is 240 g/mol. The van der Waals surface area contributed by atoms with Gasteiger partial charge in [0.05, 0.1) is 0 Å². The summed E-state index contributed by atoms with van der Waals surface area (Å²) in [5.74, 6) is 0.521. The molecule has 2 N–H and O–H groups in total. The number of hydrogen-bond acceptors (Lipinski definition) is 2. The van der Waals surface area contributed by atoms with E-state index < -0.39 is 0 Å². The van der Waals surface area contributed by atoms with Crippen molar-refractivity contribution in [2.24, 2.45) is 5.92 Å². The first-order chi connectivity index (χ1) is 8.22. The van der Waals surface area contributed by atoms with Gasteiger partial charge >= 0.3 is 0 Å². The first-order valence-corrected chi connectivity index (χ1v) is 6.68. The molecule has 4 nitrogen and oxygen atoms in total. The number of carbonyl (C=O) groups excluding carboxylic acids is 2. The van der Waals surface area contributed by atoms with E-state index in [-0.39, 0.29) is 5.91 Å². The lowest BCUT2D eigenvalue weighted by Crippen LogP contribution is -2.36. The summed E-state index contributed by atoms with van der Waals surface area (Å²) in [6.07, 6.45) is 8.16. The Hall–Kier alpha value is -1.06. The number of carbonyl (C=O) groups is 2. The van der Waals surface area contributed by atoms with Gasteiger partial charge in [-0.3, -0.25) is 9.59 Å². The van der Waals surface area contributed by atoms with Crippen LogP contribution in [0.1, 0.15) is 51.9 Å². The molecule has 0 aromatic carbocycles. The molecule has 1 rings (SSSR count). The van der Waals surface area contributed by atoms with Crippen LogP contribution >= 0.6 is 0 Å². The minimum absolute atomic E-state index is 0.162. The molecule has 1 fully saturated rings. The Balaban J connectivity index is 2.09. The lowest BCUT2D eigenvalue weighted by molar-refractivity contribution is -0.122. The average molecular weight is 240 g/mol. The Morgan fingerprint density at radius 1 is 1.35 bits per heavy atom. The van der Waals surface area contributed by atoms with E-state index >= 15 is 0 Å². The molecule has 2 amide bonds. The Bertz CT molecular complexity index is 238. The average Bonchev–Trinajstić information content (AvgIpc) is 2.35. The van der Waals surface area contributed by atoms with Crippen LogP contribution in [0.4, 0.5) is 0 Å². The van der Waals surface area contributed by atoms with Crippen LogP contribution in [0.25, 0.3) is 0 Å². The van der Waals surface area contributed by atoms with Gasteiger partial charge < -0.3 is 10.6 Å².